The minimum absolute atomic E-state index is 0.0273. The zero-order chi connectivity index (χ0) is 15.0. The minimum Gasteiger partial charge on any atom is -0.324 e. The van der Waals surface area contributed by atoms with Gasteiger partial charge < -0.3 is 10.6 Å². The second-order valence-electron chi connectivity index (χ2n) is 4.47. The number of halogens is 2. The Bertz CT molecular complexity index is 723. The number of amides is 1. The minimum atomic E-state index is -0.295. The summed E-state index contributed by atoms with van der Waals surface area (Å²) in [6, 6.07) is 7.49. The predicted octanol–water partition coefficient (Wildman–Crippen LogP) is 3.97. The van der Waals surface area contributed by atoms with E-state index in [1.807, 2.05) is 24.3 Å². The molecule has 0 radical (unpaired) electrons. The van der Waals surface area contributed by atoms with Crippen LogP contribution in [0.25, 0.3) is 0 Å². The molecular formula is C14H11Br2N3OS. The van der Waals surface area contributed by atoms with Gasteiger partial charge in [0.1, 0.15) is 11.1 Å². The quantitative estimate of drug-likeness (QED) is 0.776. The van der Waals surface area contributed by atoms with E-state index in [9.17, 15) is 4.79 Å². The average Bonchev–Trinajstić information content (AvgIpc) is 2.76. The van der Waals surface area contributed by atoms with Crippen molar-refractivity contribution in [1.29, 1.82) is 0 Å². The Kier molecular flexibility index (Phi) is 4.35. The number of nitrogens with zero attached hydrogens (tertiary/aromatic N) is 1. The smallest absolute Gasteiger partial charge is 0.246 e. The number of anilines is 1. The summed E-state index contributed by atoms with van der Waals surface area (Å²) in [6.07, 6.45) is 1.76. The highest BCUT2D eigenvalue weighted by atomic mass is 79.9. The highest BCUT2D eigenvalue weighted by molar-refractivity contribution is 9.11. The number of rotatable bonds is 3. The number of nitrogens with one attached hydrogen (secondary N) is 2. The molecule has 0 bridgehead atoms. The molecular weight excluding hydrogens is 418 g/mol. The van der Waals surface area contributed by atoms with Crippen LogP contribution < -0.4 is 10.6 Å². The number of benzene rings is 1. The molecule has 7 heteroatoms. The Hall–Kier alpha value is -0.890. The summed E-state index contributed by atoms with van der Waals surface area (Å²) in [7, 11) is 1.78. The van der Waals surface area contributed by atoms with Crippen molar-refractivity contribution in [2.75, 3.05) is 12.4 Å². The summed E-state index contributed by atoms with van der Waals surface area (Å²) >= 11 is 8.61. The molecule has 2 heterocycles. The van der Waals surface area contributed by atoms with Gasteiger partial charge in [0.25, 0.3) is 0 Å². The first-order valence-corrected chi connectivity index (χ1v) is 8.60. The number of likely N-dealkylation sites (N-methyl/N-ethyl adjacent to an activating group) is 1. The Morgan fingerprint density at radius 1 is 1.33 bits per heavy atom. The van der Waals surface area contributed by atoms with Gasteiger partial charge in [-0.1, -0.05) is 11.8 Å². The Morgan fingerprint density at radius 3 is 2.86 bits per heavy atom. The van der Waals surface area contributed by atoms with E-state index in [-0.39, 0.29) is 11.9 Å². The van der Waals surface area contributed by atoms with Gasteiger partial charge in [0.15, 0.2) is 0 Å². The normalized spacial score (nSPS) is 16.7. The van der Waals surface area contributed by atoms with Crippen molar-refractivity contribution in [3.05, 3.63) is 45.0 Å². The zero-order valence-electron chi connectivity index (χ0n) is 11.0. The van der Waals surface area contributed by atoms with Crippen LogP contribution >= 0.6 is 43.6 Å². The molecule has 0 saturated carbocycles. The van der Waals surface area contributed by atoms with Crippen LogP contribution in [-0.2, 0) is 4.79 Å². The van der Waals surface area contributed by atoms with E-state index in [0.29, 0.717) is 0 Å². The molecule has 1 amide bonds. The summed E-state index contributed by atoms with van der Waals surface area (Å²) in [5.41, 5.74) is 1.80. The lowest BCUT2D eigenvalue weighted by molar-refractivity contribution is -0.117. The van der Waals surface area contributed by atoms with Crippen LogP contribution in [0.15, 0.2) is 49.3 Å². The maximum Gasteiger partial charge on any atom is 0.246 e. The fourth-order valence-electron chi connectivity index (χ4n) is 2.18. The van der Waals surface area contributed by atoms with Crippen LogP contribution in [0.2, 0.25) is 0 Å². The summed E-state index contributed by atoms with van der Waals surface area (Å²) in [6.45, 7) is 0. The van der Waals surface area contributed by atoms with E-state index in [0.717, 1.165) is 30.1 Å². The molecule has 108 valence electrons. The number of hydrogen-bond donors (Lipinski definition) is 2. The van der Waals surface area contributed by atoms with E-state index >= 15 is 0 Å². The number of aromatic nitrogens is 1. The van der Waals surface area contributed by atoms with Crippen molar-refractivity contribution in [3.63, 3.8) is 0 Å². The summed E-state index contributed by atoms with van der Waals surface area (Å²) in [5.74, 6) is -0.0273. The molecule has 1 aromatic carbocycles. The molecule has 2 N–H and O–H groups in total. The lowest BCUT2D eigenvalue weighted by Gasteiger charge is -2.10. The van der Waals surface area contributed by atoms with E-state index in [1.54, 1.807) is 25.0 Å². The Labute approximate surface area is 143 Å². The third kappa shape index (κ3) is 2.88. The maximum absolute atomic E-state index is 11.9. The van der Waals surface area contributed by atoms with Crippen LogP contribution in [0.3, 0.4) is 0 Å². The topological polar surface area (TPSA) is 54.0 Å². The maximum atomic E-state index is 11.9. The molecule has 0 fully saturated rings. The van der Waals surface area contributed by atoms with Gasteiger partial charge in [0.2, 0.25) is 5.91 Å². The average molecular weight is 429 g/mol. The van der Waals surface area contributed by atoms with Crippen LogP contribution in [-0.4, -0.2) is 17.9 Å². The number of fused-ring (bicyclic) bond motifs is 1. The lowest BCUT2D eigenvalue weighted by Crippen LogP contribution is -2.23. The molecule has 0 spiro atoms. The van der Waals surface area contributed by atoms with Crippen LogP contribution in [0, 0.1) is 0 Å². The van der Waals surface area contributed by atoms with Gasteiger partial charge in [-0.15, -0.1) is 0 Å². The second-order valence-corrected chi connectivity index (χ2v) is 7.21. The monoisotopic (exact) mass is 427 g/mol. The Balaban J connectivity index is 1.98. The molecule has 0 aliphatic carbocycles. The van der Waals surface area contributed by atoms with Crippen LogP contribution in [0.5, 0.6) is 0 Å². The van der Waals surface area contributed by atoms with Crippen molar-refractivity contribution in [3.8, 4) is 0 Å². The van der Waals surface area contributed by atoms with Crippen molar-refractivity contribution in [1.82, 2.24) is 10.3 Å². The van der Waals surface area contributed by atoms with Crippen LogP contribution in [0.4, 0.5) is 5.69 Å². The van der Waals surface area contributed by atoms with E-state index in [1.165, 1.54) is 0 Å². The molecule has 1 aliphatic rings. The second kappa shape index (κ2) is 6.08. The van der Waals surface area contributed by atoms with Crippen LogP contribution in [0.1, 0.15) is 11.6 Å². The van der Waals surface area contributed by atoms with Gasteiger partial charge in [-0.3, -0.25) is 4.79 Å². The number of pyridine rings is 1. The largest absolute Gasteiger partial charge is 0.324 e. The van der Waals surface area contributed by atoms with E-state index in [2.05, 4.69) is 47.5 Å². The fraction of sp³-hybridized carbons (Fsp3) is 0.143. The van der Waals surface area contributed by atoms with Gasteiger partial charge in [0.05, 0.1) is 4.47 Å². The highest BCUT2D eigenvalue weighted by Gasteiger charge is 2.30. The molecule has 2 aromatic rings. The molecule has 1 aromatic heterocycles. The van der Waals surface area contributed by atoms with Crippen molar-refractivity contribution < 1.29 is 4.79 Å². The summed E-state index contributed by atoms with van der Waals surface area (Å²) < 4.78 is 1.89. The number of carbonyl (C=O) groups excluding carboxylic acids is 1. The van der Waals surface area contributed by atoms with E-state index < -0.39 is 0 Å². The number of hydrogen-bond acceptors (Lipinski definition) is 4. The van der Waals surface area contributed by atoms with Gasteiger partial charge >= 0.3 is 0 Å². The standard InChI is InChI=1S/C14H11Br2N3OS/c1-17-12-7-5-9(16)11(6-10(7)19-13(12)20)21-14-8(15)3-2-4-18-14/h2-6,12,17H,1H3,(H,19,20). The van der Waals surface area contributed by atoms with Crippen molar-refractivity contribution in [2.45, 2.75) is 16.0 Å². The van der Waals surface area contributed by atoms with Gasteiger partial charge in [-0.25, -0.2) is 4.98 Å². The molecule has 0 saturated heterocycles. The third-order valence-electron chi connectivity index (χ3n) is 3.16. The highest BCUT2D eigenvalue weighted by Crippen LogP contribution is 2.42. The summed E-state index contributed by atoms with van der Waals surface area (Å²) in [5, 5.41) is 6.80. The molecule has 4 nitrogen and oxygen atoms in total. The van der Waals surface area contributed by atoms with Crippen molar-refractivity contribution in [2.24, 2.45) is 0 Å². The molecule has 1 atom stereocenters. The molecule has 21 heavy (non-hydrogen) atoms. The SMILES string of the molecule is CNC1C(=O)Nc2cc(Sc3ncccc3Br)c(Br)cc21. The first kappa shape index (κ1) is 15.0. The number of carbonyl (C=O) groups is 1. The fourth-order valence-corrected chi connectivity index (χ4v) is 4.10. The molecule has 1 aliphatic heterocycles. The predicted molar refractivity (Wildman–Crippen MR) is 90.6 cm³/mol. The summed E-state index contributed by atoms with van der Waals surface area (Å²) in [4.78, 5) is 17.2. The Morgan fingerprint density at radius 2 is 2.14 bits per heavy atom. The van der Waals surface area contributed by atoms with Gasteiger partial charge in [-0.2, -0.15) is 0 Å². The van der Waals surface area contributed by atoms with Gasteiger partial charge in [0, 0.05) is 26.8 Å². The molecule has 1 unspecified atom stereocenters. The third-order valence-corrected chi connectivity index (χ3v) is 6.05. The van der Waals surface area contributed by atoms with Crippen molar-refractivity contribution >= 4 is 55.2 Å². The first-order valence-electron chi connectivity index (χ1n) is 6.20. The molecule has 3 rings (SSSR count). The zero-order valence-corrected chi connectivity index (χ0v) is 15.0. The first-order chi connectivity index (χ1) is 10.1. The lowest BCUT2D eigenvalue weighted by atomic mass is 10.1. The van der Waals surface area contributed by atoms with E-state index in [4.69, 9.17) is 0 Å². The van der Waals surface area contributed by atoms with Gasteiger partial charge in [-0.05, 0) is 63.2 Å².